The molecule has 0 bridgehead atoms. The number of piperidine rings is 1. The van der Waals surface area contributed by atoms with E-state index in [0.717, 1.165) is 5.56 Å². The highest BCUT2D eigenvalue weighted by Crippen LogP contribution is 2.24. The van der Waals surface area contributed by atoms with Crippen LogP contribution in [0.25, 0.3) is 6.08 Å². The highest BCUT2D eigenvalue weighted by atomic mass is 35.5. The summed E-state index contributed by atoms with van der Waals surface area (Å²) in [6.45, 7) is 0.979. The van der Waals surface area contributed by atoms with E-state index in [4.69, 9.17) is 23.2 Å². The third kappa shape index (κ3) is 4.72. The van der Waals surface area contributed by atoms with Crippen molar-refractivity contribution in [1.82, 2.24) is 4.90 Å². The Labute approximate surface area is 150 Å². The van der Waals surface area contributed by atoms with Crippen molar-refractivity contribution >= 4 is 41.2 Å². The van der Waals surface area contributed by atoms with E-state index in [0.29, 0.717) is 36.0 Å². The summed E-state index contributed by atoms with van der Waals surface area (Å²) < 4.78 is 4.54. The topological polar surface area (TPSA) is 66.8 Å². The molecule has 1 aliphatic heterocycles. The van der Waals surface area contributed by atoms with Crippen LogP contribution in [0.3, 0.4) is 0 Å². The Morgan fingerprint density at radius 1 is 1.29 bits per heavy atom. The number of carbonyl (C=O) groups excluding carboxylic acids is 2. The molecule has 1 amide bonds. The second kappa shape index (κ2) is 8.51. The number of aliphatic hydroxyl groups excluding tert-OH is 1. The number of benzene rings is 1. The van der Waals surface area contributed by atoms with Crippen LogP contribution in [-0.2, 0) is 14.3 Å². The van der Waals surface area contributed by atoms with E-state index in [1.165, 1.54) is 13.2 Å². The Morgan fingerprint density at radius 2 is 1.96 bits per heavy atom. The van der Waals surface area contributed by atoms with E-state index in [2.05, 4.69) is 4.74 Å². The molecule has 1 saturated heterocycles. The summed E-state index contributed by atoms with van der Waals surface area (Å²) >= 11 is 11.8. The summed E-state index contributed by atoms with van der Waals surface area (Å²) in [6, 6.07) is 5.14. The van der Waals surface area contributed by atoms with Crippen molar-refractivity contribution < 1.29 is 19.4 Å². The lowest BCUT2D eigenvalue weighted by atomic mass is 9.91. The number of amides is 1. The molecule has 0 aliphatic carbocycles. The predicted octanol–water partition coefficient (Wildman–Crippen LogP) is 2.78. The zero-order valence-corrected chi connectivity index (χ0v) is 14.8. The van der Waals surface area contributed by atoms with Crippen LogP contribution < -0.4 is 0 Å². The molecule has 0 aromatic heterocycles. The highest BCUT2D eigenvalue weighted by Gasteiger charge is 2.31. The number of esters is 1. The van der Waals surface area contributed by atoms with Crippen LogP contribution in [0.1, 0.15) is 18.4 Å². The van der Waals surface area contributed by atoms with Gasteiger partial charge in [-0.1, -0.05) is 29.3 Å². The van der Waals surface area contributed by atoms with Gasteiger partial charge in [0, 0.05) is 19.2 Å². The van der Waals surface area contributed by atoms with E-state index in [1.54, 1.807) is 29.2 Å². The molecule has 1 N–H and O–H groups in total. The minimum absolute atomic E-state index is 0.118. The molecule has 0 saturated carbocycles. The number of hydrogen-bond acceptors (Lipinski definition) is 4. The van der Waals surface area contributed by atoms with Crippen molar-refractivity contribution in [1.29, 1.82) is 0 Å². The summed E-state index contributed by atoms with van der Waals surface area (Å²) in [4.78, 5) is 25.3. The molecule has 1 fully saturated rings. The molecular weight excluding hydrogens is 353 g/mol. The predicted molar refractivity (Wildman–Crippen MR) is 92.8 cm³/mol. The number of aliphatic hydroxyl groups is 1. The van der Waals surface area contributed by atoms with Gasteiger partial charge in [-0.05, 0) is 42.5 Å². The maximum absolute atomic E-state index is 12.2. The number of ether oxygens (including phenoxy) is 1. The quantitative estimate of drug-likeness (QED) is 0.652. The largest absolute Gasteiger partial charge is 0.467 e. The first-order chi connectivity index (χ1) is 11.4. The van der Waals surface area contributed by atoms with E-state index >= 15 is 0 Å². The first-order valence-corrected chi connectivity index (χ1v) is 8.36. The Hall–Kier alpha value is -1.56. The lowest BCUT2D eigenvalue weighted by Gasteiger charge is -2.32. The van der Waals surface area contributed by atoms with Crippen molar-refractivity contribution in [2.45, 2.75) is 18.9 Å². The normalized spacial score (nSPS) is 17.1. The van der Waals surface area contributed by atoms with Crippen molar-refractivity contribution in [3.05, 3.63) is 39.9 Å². The lowest BCUT2D eigenvalue weighted by molar-refractivity contribution is -0.154. The van der Waals surface area contributed by atoms with Crippen LogP contribution in [0, 0.1) is 5.92 Å². The minimum Gasteiger partial charge on any atom is -0.467 e. The molecule has 130 valence electrons. The number of hydrogen-bond donors (Lipinski definition) is 1. The van der Waals surface area contributed by atoms with Gasteiger partial charge >= 0.3 is 5.97 Å². The molecular formula is C17H19Cl2NO4. The molecule has 1 aromatic rings. The van der Waals surface area contributed by atoms with E-state index < -0.39 is 12.1 Å². The number of rotatable bonds is 4. The molecule has 0 radical (unpaired) electrons. The Balaban J connectivity index is 1.89. The molecule has 5 nitrogen and oxygen atoms in total. The smallest absolute Gasteiger partial charge is 0.334 e. The zero-order valence-electron chi connectivity index (χ0n) is 13.2. The minimum atomic E-state index is -1.13. The summed E-state index contributed by atoms with van der Waals surface area (Å²) in [6.07, 6.45) is 3.15. The first kappa shape index (κ1) is 18.8. The van der Waals surface area contributed by atoms with Crippen LogP contribution in [0.5, 0.6) is 0 Å². The lowest BCUT2D eigenvalue weighted by Crippen LogP contribution is -2.42. The highest BCUT2D eigenvalue weighted by molar-refractivity contribution is 6.42. The number of methoxy groups -OCH3 is 1. The van der Waals surface area contributed by atoms with Gasteiger partial charge in [0.15, 0.2) is 6.10 Å². The molecule has 1 heterocycles. The Morgan fingerprint density at radius 3 is 2.54 bits per heavy atom. The summed E-state index contributed by atoms with van der Waals surface area (Å²) in [5, 5.41) is 10.8. The number of halogens is 2. The maximum atomic E-state index is 12.2. The van der Waals surface area contributed by atoms with Gasteiger partial charge in [0.25, 0.3) is 0 Å². The number of likely N-dealkylation sites (tertiary alicyclic amines) is 1. The standard InChI is InChI=1S/C17H19Cl2NO4/c1-24-17(23)16(22)12-6-8-20(9-7-12)15(21)5-3-11-2-4-13(18)14(19)10-11/h2-5,10,12,16,22H,6-9H2,1H3/b5-3+. The number of carbonyl (C=O) groups is 2. The molecule has 24 heavy (non-hydrogen) atoms. The van der Waals surface area contributed by atoms with Gasteiger partial charge in [0.1, 0.15) is 0 Å². The summed E-state index contributed by atoms with van der Waals surface area (Å²) in [7, 11) is 1.25. The van der Waals surface area contributed by atoms with Crippen LogP contribution in [0.15, 0.2) is 24.3 Å². The van der Waals surface area contributed by atoms with Gasteiger partial charge in [-0.3, -0.25) is 4.79 Å². The molecule has 1 aromatic carbocycles. The molecule has 2 rings (SSSR count). The number of nitrogens with zero attached hydrogens (tertiary/aromatic N) is 1. The van der Waals surface area contributed by atoms with Gasteiger partial charge in [-0.25, -0.2) is 4.79 Å². The van der Waals surface area contributed by atoms with Crippen molar-refractivity contribution in [2.75, 3.05) is 20.2 Å². The van der Waals surface area contributed by atoms with Gasteiger partial charge in [0.2, 0.25) is 5.91 Å². The average molecular weight is 372 g/mol. The maximum Gasteiger partial charge on any atom is 0.334 e. The van der Waals surface area contributed by atoms with E-state index in [9.17, 15) is 14.7 Å². The monoisotopic (exact) mass is 371 g/mol. The SMILES string of the molecule is COC(=O)C(O)C1CCN(C(=O)/C=C/c2ccc(Cl)c(Cl)c2)CC1. The Kier molecular flexibility index (Phi) is 6.66. The first-order valence-electron chi connectivity index (χ1n) is 7.60. The van der Waals surface area contributed by atoms with Crippen LogP contribution in [0.4, 0.5) is 0 Å². The van der Waals surface area contributed by atoms with Gasteiger partial charge in [-0.15, -0.1) is 0 Å². The second-order valence-electron chi connectivity index (χ2n) is 5.64. The van der Waals surface area contributed by atoms with Crippen LogP contribution >= 0.6 is 23.2 Å². The summed E-state index contributed by atoms with van der Waals surface area (Å²) in [5.41, 5.74) is 0.786. The third-order valence-electron chi connectivity index (χ3n) is 4.10. The third-order valence-corrected chi connectivity index (χ3v) is 4.84. The van der Waals surface area contributed by atoms with Gasteiger partial charge in [0.05, 0.1) is 17.2 Å². The fraction of sp³-hybridized carbons (Fsp3) is 0.412. The molecule has 1 aliphatic rings. The zero-order chi connectivity index (χ0) is 17.7. The van der Waals surface area contributed by atoms with E-state index in [1.807, 2.05) is 0 Å². The van der Waals surface area contributed by atoms with Crippen molar-refractivity contribution in [3.8, 4) is 0 Å². The van der Waals surface area contributed by atoms with Crippen molar-refractivity contribution in [2.24, 2.45) is 5.92 Å². The molecule has 1 unspecified atom stereocenters. The van der Waals surface area contributed by atoms with Gasteiger partial charge in [-0.2, -0.15) is 0 Å². The second-order valence-corrected chi connectivity index (χ2v) is 6.45. The fourth-order valence-corrected chi connectivity index (χ4v) is 2.94. The fourth-order valence-electron chi connectivity index (χ4n) is 2.64. The summed E-state index contributed by atoms with van der Waals surface area (Å²) in [5.74, 6) is -0.924. The van der Waals surface area contributed by atoms with Gasteiger partial charge < -0.3 is 14.7 Å². The van der Waals surface area contributed by atoms with E-state index in [-0.39, 0.29) is 11.8 Å². The average Bonchev–Trinajstić information content (AvgIpc) is 2.61. The Bertz CT molecular complexity index is 639. The van der Waals surface area contributed by atoms with Crippen LogP contribution in [-0.4, -0.2) is 48.2 Å². The molecule has 0 spiro atoms. The van der Waals surface area contributed by atoms with Crippen molar-refractivity contribution in [3.63, 3.8) is 0 Å². The molecule has 1 atom stereocenters. The molecule has 7 heteroatoms. The van der Waals surface area contributed by atoms with Crippen LogP contribution in [0.2, 0.25) is 10.0 Å².